The molecular weight excluding hydrogens is 773 g/mol. The maximum Gasteiger partial charge on any atom is 0.272 e. The molecule has 4 aromatic rings. The van der Waals surface area contributed by atoms with E-state index in [9.17, 15) is 28.8 Å². The van der Waals surface area contributed by atoms with Crippen LogP contribution in [0, 0.1) is 0 Å². The highest BCUT2D eigenvalue weighted by Crippen LogP contribution is 2.20. The molecule has 0 saturated heterocycles. The molecular formula is C40H58N14O6+2. The van der Waals surface area contributed by atoms with Crippen LogP contribution < -0.4 is 54.2 Å². The van der Waals surface area contributed by atoms with Crippen molar-refractivity contribution in [3.63, 3.8) is 0 Å². The summed E-state index contributed by atoms with van der Waals surface area (Å²) in [7, 11) is 6.79. The molecule has 0 aromatic carbocycles. The Morgan fingerprint density at radius 2 is 0.733 bits per heavy atom. The van der Waals surface area contributed by atoms with Gasteiger partial charge in [-0.25, -0.2) is 0 Å². The van der Waals surface area contributed by atoms with Crippen LogP contribution in [0.5, 0.6) is 0 Å². The van der Waals surface area contributed by atoms with Gasteiger partial charge in [0.2, 0.25) is 23.5 Å². The summed E-state index contributed by atoms with van der Waals surface area (Å²) in [5.74, 6) is -1.32. The lowest BCUT2D eigenvalue weighted by atomic mass is 10.1. The van der Waals surface area contributed by atoms with Crippen molar-refractivity contribution in [2.24, 2.45) is 39.7 Å². The Morgan fingerprint density at radius 3 is 1.05 bits per heavy atom. The van der Waals surface area contributed by atoms with E-state index >= 15 is 0 Å². The van der Waals surface area contributed by atoms with E-state index in [0.29, 0.717) is 84.1 Å². The third-order valence-corrected chi connectivity index (χ3v) is 9.49. The van der Waals surface area contributed by atoms with Crippen molar-refractivity contribution in [1.82, 2.24) is 28.9 Å². The summed E-state index contributed by atoms with van der Waals surface area (Å²) in [6.07, 6.45) is 12.9. The third kappa shape index (κ3) is 13.8. The van der Waals surface area contributed by atoms with Crippen LogP contribution in [0.25, 0.3) is 0 Å². The highest BCUT2D eigenvalue weighted by Gasteiger charge is 2.19. The number of aryl methyl sites for hydroxylation is 4. The van der Waals surface area contributed by atoms with Gasteiger partial charge in [0.25, 0.3) is 23.6 Å². The molecule has 4 rings (SSSR count). The largest absolute Gasteiger partial charge is 0.350 e. The van der Waals surface area contributed by atoms with Gasteiger partial charge in [-0.05, 0) is 37.1 Å². The van der Waals surface area contributed by atoms with Crippen LogP contribution in [-0.2, 0) is 37.8 Å². The summed E-state index contributed by atoms with van der Waals surface area (Å²) in [6.45, 7) is 0.576. The molecule has 20 heteroatoms. The van der Waals surface area contributed by atoms with Gasteiger partial charge in [-0.2, -0.15) is 0 Å². The van der Waals surface area contributed by atoms with Crippen LogP contribution in [0.1, 0.15) is 106 Å². The average molecular weight is 831 g/mol. The second-order valence-corrected chi connectivity index (χ2v) is 14.7. The molecule has 0 aliphatic heterocycles. The zero-order valence-corrected chi connectivity index (χ0v) is 34.7. The Labute approximate surface area is 347 Å². The van der Waals surface area contributed by atoms with E-state index in [1.165, 1.54) is 0 Å². The number of nitrogens with one attached hydrogen (secondary N) is 6. The molecule has 60 heavy (non-hydrogen) atoms. The molecule has 6 amide bonds. The van der Waals surface area contributed by atoms with Crippen molar-refractivity contribution >= 4 is 69.9 Å². The molecule has 0 saturated carbocycles. The topological polar surface area (TPSA) is 298 Å². The van der Waals surface area contributed by atoms with Gasteiger partial charge >= 0.3 is 0 Å². The van der Waals surface area contributed by atoms with Gasteiger partial charge < -0.3 is 50.2 Å². The van der Waals surface area contributed by atoms with Crippen molar-refractivity contribution in [3.05, 3.63) is 71.8 Å². The number of amides is 6. The van der Waals surface area contributed by atoms with E-state index in [1.807, 2.05) is 0 Å². The maximum atomic E-state index is 13.0. The van der Waals surface area contributed by atoms with Gasteiger partial charge in [0.15, 0.2) is 0 Å². The molecule has 0 atom stereocenters. The SMILES string of the molecule is Cn1cc(NC(=O)c2cc(NC(=O)CCCCCCCCC(=O)Nc3cc(C(=O)Nc4cc(C(=O)NCCC(N)=[NH2+])n(C)c4)n(C)c3)cn2C)cc1C(=O)NCCC(N)=[NH2+]. The lowest BCUT2D eigenvalue weighted by Gasteiger charge is -2.04. The summed E-state index contributed by atoms with van der Waals surface area (Å²) in [5.41, 5.74) is 14.1. The molecule has 0 spiro atoms. The van der Waals surface area contributed by atoms with Crippen LogP contribution in [0.3, 0.4) is 0 Å². The van der Waals surface area contributed by atoms with E-state index in [4.69, 9.17) is 22.3 Å². The van der Waals surface area contributed by atoms with E-state index in [-0.39, 0.29) is 48.4 Å². The molecule has 0 aliphatic rings. The summed E-state index contributed by atoms with van der Waals surface area (Å²) in [4.78, 5) is 76.3. The fraction of sp³-hybridized carbons (Fsp3) is 0.400. The van der Waals surface area contributed by atoms with E-state index < -0.39 is 11.8 Å². The monoisotopic (exact) mass is 830 g/mol. The summed E-state index contributed by atoms with van der Waals surface area (Å²) >= 11 is 0. The highest BCUT2D eigenvalue weighted by atomic mass is 16.2. The number of nitrogens with two attached hydrogens (primary N) is 4. The van der Waals surface area contributed by atoms with Crippen LogP contribution >= 0.6 is 0 Å². The maximum absolute atomic E-state index is 13.0. The lowest BCUT2D eigenvalue weighted by Crippen LogP contribution is -2.47. The number of amidine groups is 2. The first-order valence-corrected chi connectivity index (χ1v) is 19.7. The van der Waals surface area contributed by atoms with E-state index in [2.05, 4.69) is 31.9 Å². The summed E-state index contributed by atoms with van der Waals surface area (Å²) in [5, 5.41) is 27.6. The highest BCUT2D eigenvalue weighted by molar-refractivity contribution is 6.06. The molecule has 20 nitrogen and oxygen atoms in total. The van der Waals surface area contributed by atoms with Gasteiger partial charge in [0.05, 0.1) is 35.6 Å². The van der Waals surface area contributed by atoms with E-state index in [1.54, 1.807) is 95.5 Å². The molecule has 0 fully saturated rings. The predicted molar refractivity (Wildman–Crippen MR) is 228 cm³/mol. The van der Waals surface area contributed by atoms with Gasteiger partial charge in [0.1, 0.15) is 22.8 Å². The van der Waals surface area contributed by atoms with Crippen molar-refractivity contribution in [3.8, 4) is 0 Å². The molecule has 322 valence electrons. The normalized spacial score (nSPS) is 10.8. The van der Waals surface area contributed by atoms with E-state index in [0.717, 1.165) is 25.7 Å². The fourth-order valence-electron chi connectivity index (χ4n) is 6.37. The predicted octanol–water partition coefficient (Wildman–Crippen LogP) is -0.284. The Bertz CT molecular complexity index is 2070. The second-order valence-electron chi connectivity index (χ2n) is 14.7. The molecule has 0 bridgehead atoms. The molecule has 0 aliphatic carbocycles. The Hall–Kier alpha value is -7.12. The molecule has 14 N–H and O–H groups in total. The van der Waals surface area contributed by atoms with Crippen molar-refractivity contribution in [2.75, 3.05) is 34.4 Å². The van der Waals surface area contributed by atoms with Crippen molar-refractivity contribution in [1.29, 1.82) is 0 Å². The van der Waals surface area contributed by atoms with Crippen LogP contribution in [-0.4, -0.2) is 78.5 Å². The molecule has 4 aromatic heterocycles. The number of unbranched alkanes of at least 4 members (excludes halogenated alkanes) is 5. The number of aromatic nitrogens is 4. The second kappa shape index (κ2) is 21.6. The Morgan fingerprint density at radius 1 is 0.450 bits per heavy atom. The zero-order valence-electron chi connectivity index (χ0n) is 34.7. The molecule has 0 radical (unpaired) electrons. The number of hydrogen-bond donors (Lipinski definition) is 10. The van der Waals surface area contributed by atoms with Crippen LogP contribution in [0.4, 0.5) is 22.7 Å². The van der Waals surface area contributed by atoms with Gasteiger partial charge in [0, 0.05) is 78.9 Å². The minimum Gasteiger partial charge on any atom is -0.350 e. The lowest BCUT2D eigenvalue weighted by molar-refractivity contribution is -0.118. The number of hydrogen-bond acceptors (Lipinski definition) is 6. The Kier molecular flexibility index (Phi) is 16.4. The van der Waals surface area contributed by atoms with Crippen molar-refractivity contribution < 1.29 is 39.6 Å². The first-order chi connectivity index (χ1) is 28.5. The van der Waals surface area contributed by atoms with Gasteiger partial charge in [-0.15, -0.1) is 0 Å². The molecule has 0 unspecified atom stereocenters. The minimum absolute atomic E-state index is 0.155. The summed E-state index contributed by atoms with van der Waals surface area (Å²) < 4.78 is 6.42. The Balaban J connectivity index is 1.09. The number of rotatable bonds is 23. The third-order valence-electron chi connectivity index (χ3n) is 9.49. The number of anilines is 4. The average Bonchev–Trinajstić information content (AvgIpc) is 3.93. The zero-order chi connectivity index (χ0) is 43.9. The van der Waals surface area contributed by atoms with Crippen LogP contribution in [0.2, 0.25) is 0 Å². The fourth-order valence-corrected chi connectivity index (χ4v) is 6.37. The summed E-state index contributed by atoms with van der Waals surface area (Å²) in [6, 6.07) is 6.32. The quantitative estimate of drug-likeness (QED) is 0.0269. The minimum atomic E-state index is -0.401. The standard InChI is InChI=1S/C40H56N14O6/c1-51-23-27(19-29(51)37(57)45-15-13-33(41)42)49-39(59)31-17-25(21-53(31)3)47-35(55)11-9-7-5-6-8-10-12-36(56)48-26-18-32(54(4)22-26)40(60)50-28-20-30(52(2)24-28)38(58)46-16-14-34(43)44/h17-24H,5-16H2,1-4H3,(H3,41,42)(H3,43,44)(H,45,57)(H,46,58)(H,47,55)(H,48,56)(H,49,59)(H,50,60)/p+2. The van der Waals surface area contributed by atoms with Crippen molar-refractivity contribution in [2.45, 2.75) is 64.2 Å². The number of carbonyl (C=O) groups excluding carboxylic acids is 6. The molecule has 4 heterocycles. The van der Waals surface area contributed by atoms with Crippen LogP contribution in [0.15, 0.2) is 49.1 Å². The first kappa shape index (κ1) is 45.6. The van der Waals surface area contributed by atoms with Gasteiger partial charge in [-0.1, -0.05) is 25.7 Å². The number of nitrogens with zero attached hydrogens (tertiary/aromatic N) is 4. The first-order valence-electron chi connectivity index (χ1n) is 19.7. The smallest absolute Gasteiger partial charge is 0.272 e. The van der Waals surface area contributed by atoms with Gasteiger partial charge in [-0.3, -0.25) is 51.1 Å². The number of carbonyl (C=O) groups is 6.